The van der Waals surface area contributed by atoms with Crippen molar-refractivity contribution in [2.24, 2.45) is 5.16 Å². The van der Waals surface area contributed by atoms with Crippen LogP contribution in [0.4, 0.5) is 18.9 Å². The van der Waals surface area contributed by atoms with Crippen LogP contribution in [-0.4, -0.2) is 26.2 Å². The summed E-state index contributed by atoms with van der Waals surface area (Å²) in [5.74, 6) is 0. The van der Waals surface area contributed by atoms with E-state index in [2.05, 4.69) is 11.7 Å². The molecule has 0 spiro atoms. The molecule has 0 bridgehead atoms. The molecule has 11 heteroatoms. The number of halogens is 5. The lowest BCUT2D eigenvalue weighted by atomic mass is 10.1. The maximum Gasteiger partial charge on any atom is 0.516 e. The van der Waals surface area contributed by atoms with Crippen LogP contribution < -0.4 is 4.72 Å². The molecule has 1 N–H and O–H groups in total. The van der Waals surface area contributed by atoms with E-state index >= 15 is 0 Å². The summed E-state index contributed by atoms with van der Waals surface area (Å²) in [6.45, 7) is 4.93. The first kappa shape index (κ1) is 20.6. The van der Waals surface area contributed by atoms with Gasteiger partial charge in [0.25, 0.3) is 0 Å². The second kappa shape index (κ2) is 8.09. The average molecular weight is 405 g/mol. The normalized spacial score (nSPS) is 12.8. The van der Waals surface area contributed by atoms with Crippen LogP contribution in [0.5, 0.6) is 0 Å². The summed E-state index contributed by atoms with van der Waals surface area (Å²) in [4.78, 5) is 4.91. The first-order chi connectivity index (χ1) is 11.0. The number of benzene rings is 1. The zero-order valence-electron chi connectivity index (χ0n) is 12.3. The molecule has 1 aromatic rings. The number of alkyl halides is 3. The van der Waals surface area contributed by atoms with Gasteiger partial charge in [-0.25, -0.2) is 0 Å². The van der Waals surface area contributed by atoms with E-state index in [9.17, 15) is 21.6 Å². The van der Waals surface area contributed by atoms with Crippen LogP contribution in [0.2, 0.25) is 5.02 Å². The number of hydrogen-bond donors (Lipinski definition) is 1. The standard InChI is InChI=1S/C13H13Cl2F3N2O3S/c1-3-11(19-23-7-8(2)14)10-6-9(15)4-5-12(10)20-24(21,22)13(16,17)18/h4-6,20H,2-3,7H2,1H3. The molecule has 24 heavy (non-hydrogen) atoms. The van der Waals surface area contributed by atoms with Gasteiger partial charge in [0.05, 0.1) is 16.4 Å². The van der Waals surface area contributed by atoms with Crippen LogP contribution in [-0.2, 0) is 14.9 Å². The topological polar surface area (TPSA) is 67.8 Å². The largest absolute Gasteiger partial charge is 0.516 e. The Labute approximate surface area is 147 Å². The number of hydrogen-bond acceptors (Lipinski definition) is 4. The first-order valence-electron chi connectivity index (χ1n) is 6.39. The van der Waals surface area contributed by atoms with Crippen LogP contribution in [0.15, 0.2) is 35.0 Å². The van der Waals surface area contributed by atoms with E-state index in [0.29, 0.717) is 0 Å². The van der Waals surface area contributed by atoms with E-state index in [1.807, 2.05) is 0 Å². The van der Waals surface area contributed by atoms with Crippen LogP contribution in [0, 0.1) is 0 Å². The molecule has 5 nitrogen and oxygen atoms in total. The number of rotatable bonds is 7. The number of anilines is 1. The van der Waals surface area contributed by atoms with Gasteiger partial charge < -0.3 is 4.84 Å². The van der Waals surface area contributed by atoms with Gasteiger partial charge in [0.15, 0.2) is 6.61 Å². The van der Waals surface area contributed by atoms with E-state index in [-0.39, 0.29) is 40.0 Å². The lowest BCUT2D eigenvalue weighted by molar-refractivity contribution is -0.0429. The molecule has 1 aromatic carbocycles. The Kier molecular flexibility index (Phi) is 6.94. The van der Waals surface area contributed by atoms with E-state index in [1.165, 1.54) is 16.9 Å². The minimum atomic E-state index is -5.59. The molecule has 0 fully saturated rings. The molecule has 134 valence electrons. The van der Waals surface area contributed by atoms with Crippen molar-refractivity contribution in [3.05, 3.63) is 40.4 Å². The minimum absolute atomic E-state index is 0.0537. The molecular weight excluding hydrogens is 392 g/mol. The lowest BCUT2D eigenvalue weighted by Gasteiger charge is -2.15. The fourth-order valence-corrected chi connectivity index (χ4v) is 2.34. The van der Waals surface area contributed by atoms with Gasteiger partial charge in [-0.05, 0) is 24.6 Å². The molecule has 0 aliphatic rings. The highest BCUT2D eigenvalue weighted by molar-refractivity contribution is 7.93. The summed E-state index contributed by atoms with van der Waals surface area (Å²) >= 11 is 11.4. The molecule has 0 amide bonds. The van der Waals surface area contributed by atoms with E-state index in [0.717, 1.165) is 6.07 Å². The van der Waals surface area contributed by atoms with E-state index < -0.39 is 15.5 Å². The van der Waals surface area contributed by atoms with Gasteiger partial charge in [0.2, 0.25) is 0 Å². The van der Waals surface area contributed by atoms with Crippen molar-refractivity contribution in [2.75, 3.05) is 11.3 Å². The third-order valence-electron chi connectivity index (χ3n) is 2.57. The first-order valence-corrected chi connectivity index (χ1v) is 8.63. The SMILES string of the molecule is C=C(Cl)CON=C(CC)c1cc(Cl)ccc1NS(=O)(=O)C(F)(F)F. The smallest absolute Gasteiger partial charge is 0.390 e. The molecule has 1 rings (SSSR count). The Morgan fingerprint density at radius 2 is 2.04 bits per heavy atom. The Hall–Kier alpha value is -1.45. The number of nitrogens with one attached hydrogen (secondary N) is 1. The van der Waals surface area contributed by atoms with Crippen LogP contribution >= 0.6 is 23.2 Å². The summed E-state index contributed by atoms with van der Waals surface area (Å²) in [7, 11) is -5.59. The molecule has 0 atom stereocenters. The molecule has 0 unspecified atom stereocenters. The molecule has 0 aliphatic carbocycles. The third-order valence-corrected chi connectivity index (χ3v) is 4.01. The summed E-state index contributed by atoms with van der Waals surface area (Å²) in [5.41, 5.74) is -5.56. The highest BCUT2D eigenvalue weighted by Gasteiger charge is 2.46. The van der Waals surface area contributed by atoms with Crippen molar-refractivity contribution in [1.29, 1.82) is 0 Å². The molecule has 0 saturated heterocycles. The molecule has 0 radical (unpaired) electrons. The van der Waals surface area contributed by atoms with Crippen LogP contribution in [0.3, 0.4) is 0 Å². The fourth-order valence-electron chi connectivity index (χ4n) is 1.53. The van der Waals surface area contributed by atoms with Crippen molar-refractivity contribution >= 4 is 44.6 Å². The summed E-state index contributed by atoms with van der Waals surface area (Å²) in [6.07, 6.45) is 0.232. The van der Waals surface area contributed by atoms with Crippen LogP contribution in [0.1, 0.15) is 18.9 Å². The van der Waals surface area contributed by atoms with Gasteiger partial charge in [-0.1, -0.05) is 41.9 Å². The van der Waals surface area contributed by atoms with Crippen molar-refractivity contribution in [3.8, 4) is 0 Å². The molecule has 0 heterocycles. The second-order valence-corrected chi connectivity index (χ2v) is 7.07. The zero-order valence-corrected chi connectivity index (χ0v) is 14.7. The maximum absolute atomic E-state index is 12.5. The number of sulfonamides is 1. The zero-order chi connectivity index (χ0) is 18.5. The predicted octanol–water partition coefficient (Wildman–Crippen LogP) is 4.48. The Balaban J connectivity index is 3.27. The Morgan fingerprint density at radius 3 is 2.54 bits per heavy atom. The summed E-state index contributed by atoms with van der Waals surface area (Å²) in [5, 5.41) is 4.09. The summed E-state index contributed by atoms with van der Waals surface area (Å²) < 4.78 is 61.7. The monoisotopic (exact) mass is 404 g/mol. The fraction of sp³-hybridized carbons (Fsp3) is 0.308. The lowest BCUT2D eigenvalue weighted by Crippen LogP contribution is -2.30. The number of nitrogens with zero attached hydrogens (tertiary/aromatic N) is 1. The van der Waals surface area contributed by atoms with Gasteiger partial charge in [0.1, 0.15) is 0 Å². The maximum atomic E-state index is 12.5. The number of oxime groups is 1. The average Bonchev–Trinajstić information content (AvgIpc) is 2.44. The Bertz CT molecular complexity index is 749. The third kappa shape index (κ3) is 5.57. The van der Waals surface area contributed by atoms with Crippen molar-refractivity contribution in [3.63, 3.8) is 0 Å². The predicted molar refractivity (Wildman–Crippen MR) is 87.8 cm³/mol. The van der Waals surface area contributed by atoms with Crippen molar-refractivity contribution < 1.29 is 26.4 Å². The second-order valence-electron chi connectivity index (χ2n) is 4.42. The highest BCUT2D eigenvalue weighted by Crippen LogP contribution is 2.29. The van der Waals surface area contributed by atoms with Gasteiger partial charge in [-0.2, -0.15) is 21.6 Å². The molecule has 0 aliphatic heterocycles. The van der Waals surface area contributed by atoms with Crippen molar-refractivity contribution in [2.45, 2.75) is 18.9 Å². The minimum Gasteiger partial charge on any atom is -0.390 e. The molecule has 0 saturated carbocycles. The van der Waals surface area contributed by atoms with Gasteiger partial charge in [-0.3, -0.25) is 4.72 Å². The van der Waals surface area contributed by atoms with E-state index in [1.54, 1.807) is 6.92 Å². The van der Waals surface area contributed by atoms with Gasteiger partial charge in [-0.15, -0.1) is 0 Å². The van der Waals surface area contributed by atoms with Crippen molar-refractivity contribution in [1.82, 2.24) is 0 Å². The highest BCUT2D eigenvalue weighted by atomic mass is 35.5. The quantitative estimate of drug-likeness (QED) is 0.537. The molecular formula is C13H13Cl2F3N2O3S. The van der Waals surface area contributed by atoms with Gasteiger partial charge in [0, 0.05) is 10.6 Å². The van der Waals surface area contributed by atoms with Gasteiger partial charge >= 0.3 is 15.5 Å². The molecule has 0 aromatic heterocycles. The van der Waals surface area contributed by atoms with Crippen LogP contribution in [0.25, 0.3) is 0 Å². The van der Waals surface area contributed by atoms with E-state index in [4.69, 9.17) is 28.0 Å². The summed E-state index contributed by atoms with van der Waals surface area (Å²) in [6, 6.07) is 3.62. The Morgan fingerprint density at radius 1 is 1.42 bits per heavy atom.